The Balaban J connectivity index is 1.39. The molecule has 2 aliphatic rings. The van der Waals surface area contributed by atoms with Crippen molar-refractivity contribution in [3.8, 4) is 0 Å². The SMILES string of the molecule is CCCCN1C(=O)[C@@H]([C@H](O)C(C)C)NC(=O)C12CCN(C(c1cn[nH]c1)c1cc(C)c(CCc3ccccc3)c(C)c1)CC2. The number of rotatable bonds is 11. The standard InChI is InChI=1S/C36H49N5O3/c1-6-7-17-41-34(43)31(33(42)24(2)3)39-35(44)36(41)15-18-40(19-16-36)32(29-22-37-38-23-29)28-20-25(4)30(26(5)21-28)14-13-27-11-9-8-10-12-27/h8-12,20-24,31-33,42H,6-7,13-19H2,1-5H3,(H,37,38)(H,39,44)/t31-,32?,33-/m1/s1. The fourth-order valence-corrected chi connectivity index (χ4v) is 7.26. The first kappa shape index (κ1) is 31.9. The van der Waals surface area contributed by atoms with Gasteiger partial charge in [0.15, 0.2) is 0 Å². The van der Waals surface area contributed by atoms with Crippen molar-refractivity contribution in [1.29, 1.82) is 0 Å². The van der Waals surface area contributed by atoms with Gasteiger partial charge < -0.3 is 15.3 Å². The number of aliphatic hydroxyl groups excluding tert-OH is 1. The lowest BCUT2D eigenvalue weighted by Crippen LogP contribution is -2.75. The van der Waals surface area contributed by atoms with Crippen molar-refractivity contribution < 1.29 is 14.7 Å². The van der Waals surface area contributed by atoms with Crippen LogP contribution < -0.4 is 5.32 Å². The molecule has 236 valence electrons. The molecule has 0 radical (unpaired) electrons. The first-order valence-corrected chi connectivity index (χ1v) is 16.3. The minimum atomic E-state index is -0.916. The highest BCUT2D eigenvalue weighted by Crippen LogP contribution is 2.39. The molecule has 1 unspecified atom stereocenters. The number of aromatic amines is 1. The Morgan fingerprint density at radius 3 is 2.30 bits per heavy atom. The Morgan fingerprint density at radius 1 is 1.02 bits per heavy atom. The van der Waals surface area contributed by atoms with Crippen LogP contribution in [-0.4, -0.2) is 74.2 Å². The van der Waals surface area contributed by atoms with Crippen LogP contribution >= 0.6 is 0 Å². The number of amides is 2. The number of nitrogens with one attached hydrogen (secondary N) is 2. The van der Waals surface area contributed by atoms with Crippen molar-refractivity contribution in [2.75, 3.05) is 19.6 Å². The molecule has 1 spiro atoms. The number of likely N-dealkylation sites (tertiary alicyclic amines) is 1. The number of benzene rings is 2. The summed E-state index contributed by atoms with van der Waals surface area (Å²) in [7, 11) is 0. The van der Waals surface area contributed by atoms with Crippen LogP contribution in [0.1, 0.15) is 85.9 Å². The predicted molar refractivity (Wildman–Crippen MR) is 173 cm³/mol. The number of piperazine rings is 1. The molecule has 2 fully saturated rings. The van der Waals surface area contributed by atoms with Crippen LogP contribution in [0.25, 0.3) is 0 Å². The third-order valence-electron chi connectivity index (χ3n) is 9.88. The third-order valence-corrected chi connectivity index (χ3v) is 9.88. The summed E-state index contributed by atoms with van der Waals surface area (Å²) >= 11 is 0. The second kappa shape index (κ2) is 13.7. The van der Waals surface area contributed by atoms with Crippen LogP contribution in [0, 0.1) is 19.8 Å². The number of nitrogens with zero attached hydrogens (tertiary/aromatic N) is 3. The lowest BCUT2D eigenvalue weighted by molar-refractivity contribution is -0.165. The van der Waals surface area contributed by atoms with Crippen LogP contribution in [0.4, 0.5) is 0 Å². The highest BCUT2D eigenvalue weighted by molar-refractivity contribution is 6.00. The van der Waals surface area contributed by atoms with E-state index in [1.54, 1.807) is 0 Å². The summed E-state index contributed by atoms with van der Waals surface area (Å²) in [4.78, 5) is 31.9. The fourth-order valence-electron chi connectivity index (χ4n) is 7.26. The summed E-state index contributed by atoms with van der Waals surface area (Å²) in [6.45, 7) is 12.1. The lowest BCUT2D eigenvalue weighted by Gasteiger charge is -2.53. The Hall–Kier alpha value is -3.49. The molecule has 2 aliphatic heterocycles. The zero-order valence-electron chi connectivity index (χ0n) is 27.0. The van der Waals surface area contributed by atoms with Gasteiger partial charge in [-0.05, 0) is 79.7 Å². The van der Waals surface area contributed by atoms with Gasteiger partial charge in [-0.1, -0.05) is 69.7 Å². The van der Waals surface area contributed by atoms with Gasteiger partial charge in [0.1, 0.15) is 11.6 Å². The number of hydrogen-bond acceptors (Lipinski definition) is 5. The Bertz CT molecular complexity index is 1390. The molecule has 1 aromatic heterocycles. The first-order valence-electron chi connectivity index (χ1n) is 16.3. The summed E-state index contributed by atoms with van der Waals surface area (Å²) in [6, 6.07) is 14.3. The van der Waals surface area contributed by atoms with E-state index in [0.717, 1.165) is 31.2 Å². The van der Waals surface area contributed by atoms with Crippen molar-refractivity contribution in [2.45, 2.75) is 96.9 Å². The first-order chi connectivity index (χ1) is 21.2. The largest absolute Gasteiger partial charge is 0.390 e. The van der Waals surface area contributed by atoms with Gasteiger partial charge in [0.2, 0.25) is 11.8 Å². The van der Waals surface area contributed by atoms with Crippen LogP contribution in [0.2, 0.25) is 0 Å². The maximum atomic E-state index is 13.8. The minimum Gasteiger partial charge on any atom is -0.390 e. The molecule has 2 saturated heterocycles. The van der Waals surface area contributed by atoms with E-state index in [-0.39, 0.29) is 23.8 Å². The molecule has 0 saturated carbocycles. The van der Waals surface area contributed by atoms with Crippen LogP contribution in [0.3, 0.4) is 0 Å². The van der Waals surface area contributed by atoms with Crippen molar-refractivity contribution in [3.05, 3.63) is 88.2 Å². The molecular weight excluding hydrogens is 550 g/mol. The van der Waals surface area contributed by atoms with Gasteiger partial charge in [0.25, 0.3) is 0 Å². The average molecular weight is 600 g/mol. The summed E-state index contributed by atoms with van der Waals surface area (Å²) < 4.78 is 0. The Morgan fingerprint density at radius 2 is 1.70 bits per heavy atom. The van der Waals surface area contributed by atoms with Gasteiger partial charge in [0, 0.05) is 31.4 Å². The number of aliphatic hydroxyl groups is 1. The second-order valence-corrected chi connectivity index (χ2v) is 13.1. The average Bonchev–Trinajstić information content (AvgIpc) is 3.54. The molecule has 0 aliphatic carbocycles. The molecule has 8 nitrogen and oxygen atoms in total. The van der Waals surface area contributed by atoms with E-state index in [4.69, 9.17) is 0 Å². The molecule has 2 aromatic carbocycles. The molecule has 3 aromatic rings. The molecule has 3 heterocycles. The number of H-pyrrole nitrogens is 1. The Labute approximate surface area is 262 Å². The van der Waals surface area contributed by atoms with E-state index in [1.807, 2.05) is 31.1 Å². The molecule has 5 rings (SSSR count). The normalized spacial score (nSPS) is 20.2. The van der Waals surface area contributed by atoms with Crippen molar-refractivity contribution in [2.24, 2.45) is 5.92 Å². The van der Waals surface area contributed by atoms with E-state index in [0.29, 0.717) is 32.5 Å². The molecule has 3 N–H and O–H groups in total. The highest BCUT2D eigenvalue weighted by atomic mass is 16.3. The summed E-state index contributed by atoms with van der Waals surface area (Å²) in [5.41, 5.74) is 6.72. The molecule has 3 atom stereocenters. The summed E-state index contributed by atoms with van der Waals surface area (Å²) in [6.07, 6.45) is 7.77. The van der Waals surface area contributed by atoms with Gasteiger partial charge in [-0.15, -0.1) is 0 Å². The summed E-state index contributed by atoms with van der Waals surface area (Å²) in [5.74, 6) is -0.427. The van der Waals surface area contributed by atoms with E-state index < -0.39 is 17.7 Å². The fraction of sp³-hybridized carbons (Fsp3) is 0.528. The number of hydrogen-bond donors (Lipinski definition) is 3. The smallest absolute Gasteiger partial charge is 0.248 e. The van der Waals surface area contributed by atoms with Gasteiger partial charge >= 0.3 is 0 Å². The Kier molecular flexibility index (Phi) is 9.90. The van der Waals surface area contributed by atoms with Crippen molar-refractivity contribution >= 4 is 11.8 Å². The van der Waals surface area contributed by atoms with Crippen LogP contribution in [-0.2, 0) is 22.4 Å². The zero-order valence-corrected chi connectivity index (χ0v) is 27.0. The highest BCUT2D eigenvalue weighted by Gasteiger charge is 2.55. The molecule has 2 amide bonds. The van der Waals surface area contributed by atoms with Crippen LogP contribution in [0.15, 0.2) is 54.9 Å². The summed E-state index contributed by atoms with van der Waals surface area (Å²) in [5, 5.41) is 21.0. The molecule has 44 heavy (non-hydrogen) atoms. The van der Waals surface area contributed by atoms with Gasteiger partial charge in [-0.2, -0.15) is 5.10 Å². The molecule has 8 heteroatoms. The van der Waals surface area contributed by atoms with E-state index in [9.17, 15) is 14.7 Å². The number of piperidine rings is 1. The van der Waals surface area contributed by atoms with Gasteiger partial charge in [0.05, 0.1) is 18.3 Å². The molecular formula is C36H49N5O3. The van der Waals surface area contributed by atoms with Crippen molar-refractivity contribution in [3.63, 3.8) is 0 Å². The van der Waals surface area contributed by atoms with E-state index >= 15 is 0 Å². The number of carbonyl (C=O) groups excluding carboxylic acids is 2. The lowest BCUT2D eigenvalue weighted by atomic mass is 9.79. The quantitative estimate of drug-likeness (QED) is 0.292. The number of carbonyl (C=O) groups is 2. The van der Waals surface area contributed by atoms with E-state index in [1.165, 1.54) is 27.8 Å². The van der Waals surface area contributed by atoms with Crippen LogP contribution in [0.5, 0.6) is 0 Å². The van der Waals surface area contributed by atoms with Crippen molar-refractivity contribution in [1.82, 2.24) is 25.3 Å². The maximum absolute atomic E-state index is 13.8. The maximum Gasteiger partial charge on any atom is 0.248 e. The molecule has 0 bridgehead atoms. The number of aryl methyl sites for hydroxylation is 3. The van der Waals surface area contributed by atoms with E-state index in [2.05, 4.69) is 83.6 Å². The zero-order chi connectivity index (χ0) is 31.4. The third kappa shape index (κ3) is 6.33. The second-order valence-electron chi connectivity index (χ2n) is 13.1. The minimum absolute atomic E-state index is 0.0198. The number of unbranched alkanes of at least 4 members (excludes halogenated alkanes) is 1. The van der Waals surface area contributed by atoms with Gasteiger partial charge in [-0.3, -0.25) is 19.6 Å². The van der Waals surface area contributed by atoms with Gasteiger partial charge in [-0.25, -0.2) is 0 Å². The monoisotopic (exact) mass is 599 g/mol. The topological polar surface area (TPSA) is 102 Å². The predicted octanol–water partition coefficient (Wildman–Crippen LogP) is 4.88. The number of aromatic nitrogens is 2.